The Morgan fingerprint density at radius 1 is 1.47 bits per heavy atom. The largest absolute Gasteiger partial charge is 0.508 e. The van der Waals surface area contributed by atoms with Gasteiger partial charge in [-0.3, -0.25) is 0 Å². The summed E-state index contributed by atoms with van der Waals surface area (Å²) >= 11 is 0. The highest BCUT2D eigenvalue weighted by Crippen LogP contribution is 2.29. The highest BCUT2D eigenvalue weighted by Gasteiger charge is 2.17. The fraction of sp³-hybridized carbons (Fsp3) is 0.214. The molecule has 2 aromatic rings. The summed E-state index contributed by atoms with van der Waals surface area (Å²) < 4.78 is 15.4. The van der Waals surface area contributed by atoms with Crippen LogP contribution in [-0.4, -0.2) is 14.9 Å². The Labute approximate surface area is 111 Å². The summed E-state index contributed by atoms with van der Waals surface area (Å²) in [5.41, 5.74) is 9.01. The number of aryl methyl sites for hydroxylation is 1. The van der Waals surface area contributed by atoms with E-state index in [1.54, 1.807) is 6.92 Å². The summed E-state index contributed by atoms with van der Waals surface area (Å²) in [5, 5.41) is 13.5. The van der Waals surface area contributed by atoms with Gasteiger partial charge in [0, 0.05) is 6.07 Å². The predicted molar refractivity (Wildman–Crippen MR) is 73.7 cm³/mol. The average molecular weight is 261 g/mol. The molecule has 0 saturated carbocycles. The number of phenols is 1. The Morgan fingerprint density at radius 2 is 2.16 bits per heavy atom. The van der Waals surface area contributed by atoms with Gasteiger partial charge in [0.05, 0.1) is 17.1 Å². The average Bonchev–Trinajstić information content (AvgIpc) is 2.65. The third-order valence-corrected chi connectivity index (χ3v) is 3.07. The molecular weight excluding hydrogens is 245 g/mol. The molecular formula is C14H16FN3O. The van der Waals surface area contributed by atoms with Gasteiger partial charge in [0.2, 0.25) is 0 Å². The van der Waals surface area contributed by atoms with Crippen LogP contribution < -0.4 is 5.73 Å². The van der Waals surface area contributed by atoms with Gasteiger partial charge in [-0.05, 0) is 38.5 Å². The van der Waals surface area contributed by atoms with E-state index in [-0.39, 0.29) is 11.4 Å². The maximum atomic E-state index is 13.9. The van der Waals surface area contributed by atoms with Crippen LogP contribution in [0.1, 0.15) is 25.2 Å². The van der Waals surface area contributed by atoms with Crippen molar-refractivity contribution in [3.8, 4) is 11.4 Å². The number of hydrogen-bond donors (Lipinski definition) is 2. The van der Waals surface area contributed by atoms with E-state index in [1.807, 2.05) is 19.9 Å². The van der Waals surface area contributed by atoms with E-state index >= 15 is 0 Å². The second kappa shape index (κ2) is 4.76. The summed E-state index contributed by atoms with van der Waals surface area (Å²) in [7, 11) is 0. The van der Waals surface area contributed by atoms with Gasteiger partial charge in [0.1, 0.15) is 11.4 Å². The number of benzene rings is 1. The lowest BCUT2D eigenvalue weighted by Gasteiger charge is -2.09. The van der Waals surface area contributed by atoms with E-state index in [0.29, 0.717) is 17.1 Å². The zero-order chi connectivity index (χ0) is 14.2. The molecule has 1 aromatic heterocycles. The van der Waals surface area contributed by atoms with E-state index in [2.05, 4.69) is 5.10 Å². The van der Waals surface area contributed by atoms with Crippen molar-refractivity contribution in [1.29, 1.82) is 0 Å². The number of hydrogen-bond acceptors (Lipinski definition) is 3. The Balaban J connectivity index is 2.72. The van der Waals surface area contributed by atoms with Crippen molar-refractivity contribution in [2.45, 2.75) is 20.8 Å². The first-order valence-corrected chi connectivity index (χ1v) is 5.93. The van der Waals surface area contributed by atoms with Crippen molar-refractivity contribution < 1.29 is 9.50 Å². The fourth-order valence-corrected chi connectivity index (χ4v) is 1.90. The second-order valence-corrected chi connectivity index (χ2v) is 4.37. The van der Waals surface area contributed by atoms with Crippen molar-refractivity contribution >= 4 is 11.3 Å². The molecule has 1 aromatic carbocycles. The second-order valence-electron chi connectivity index (χ2n) is 4.37. The molecule has 5 heteroatoms. The van der Waals surface area contributed by atoms with Gasteiger partial charge in [-0.15, -0.1) is 0 Å². The number of nitrogens with two attached hydrogens (primary N) is 1. The smallest absolute Gasteiger partial charge is 0.152 e. The Morgan fingerprint density at radius 3 is 2.74 bits per heavy atom. The minimum atomic E-state index is -0.548. The van der Waals surface area contributed by atoms with Crippen LogP contribution in [0.3, 0.4) is 0 Å². The maximum absolute atomic E-state index is 13.9. The molecule has 4 nitrogen and oxygen atoms in total. The van der Waals surface area contributed by atoms with Gasteiger partial charge in [-0.1, -0.05) is 6.08 Å². The molecule has 3 N–H and O–H groups in total. The lowest BCUT2D eigenvalue weighted by atomic mass is 10.1. The molecule has 0 bridgehead atoms. The van der Waals surface area contributed by atoms with Crippen LogP contribution in [0.15, 0.2) is 24.3 Å². The molecule has 0 amide bonds. The molecule has 0 atom stereocenters. The zero-order valence-electron chi connectivity index (χ0n) is 11.1. The van der Waals surface area contributed by atoms with Crippen LogP contribution in [0.5, 0.6) is 5.75 Å². The van der Waals surface area contributed by atoms with Crippen LogP contribution in [0, 0.1) is 12.7 Å². The first-order chi connectivity index (χ1) is 8.95. The first-order valence-electron chi connectivity index (χ1n) is 5.93. The number of halogens is 1. The van der Waals surface area contributed by atoms with Crippen LogP contribution in [0.2, 0.25) is 0 Å². The summed E-state index contributed by atoms with van der Waals surface area (Å²) in [4.78, 5) is 0. The predicted octanol–water partition coefficient (Wildman–Crippen LogP) is 3.03. The van der Waals surface area contributed by atoms with Crippen LogP contribution in [0.25, 0.3) is 11.3 Å². The number of aromatic hydroxyl groups is 1. The van der Waals surface area contributed by atoms with Crippen LogP contribution in [0.4, 0.5) is 10.1 Å². The van der Waals surface area contributed by atoms with E-state index in [0.717, 1.165) is 11.6 Å². The zero-order valence-corrected chi connectivity index (χ0v) is 11.1. The third-order valence-electron chi connectivity index (χ3n) is 3.07. The van der Waals surface area contributed by atoms with Crippen molar-refractivity contribution in [3.05, 3.63) is 41.5 Å². The van der Waals surface area contributed by atoms with Gasteiger partial charge in [0.15, 0.2) is 5.82 Å². The molecule has 100 valence electrons. The third kappa shape index (κ3) is 2.19. The van der Waals surface area contributed by atoms with E-state index in [9.17, 15) is 9.50 Å². The van der Waals surface area contributed by atoms with Crippen molar-refractivity contribution in [2.24, 2.45) is 0 Å². The van der Waals surface area contributed by atoms with E-state index < -0.39 is 5.82 Å². The molecule has 0 fully saturated rings. The lowest BCUT2D eigenvalue weighted by Crippen LogP contribution is -2.04. The molecule has 0 spiro atoms. The number of rotatable bonds is 2. The molecule has 1 heterocycles. The van der Waals surface area contributed by atoms with Crippen molar-refractivity contribution in [3.63, 3.8) is 0 Å². The van der Waals surface area contributed by atoms with Gasteiger partial charge in [0.25, 0.3) is 0 Å². The van der Waals surface area contributed by atoms with Gasteiger partial charge in [-0.25, -0.2) is 9.07 Å². The highest BCUT2D eigenvalue weighted by molar-refractivity contribution is 5.74. The number of phenolic OH excluding ortho intramolecular Hbond substituents is 1. The molecule has 0 aliphatic heterocycles. The van der Waals surface area contributed by atoms with E-state index in [4.69, 9.17) is 5.73 Å². The number of nitrogen functional groups attached to an aromatic ring is 1. The lowest BCUT2D eigenvalue weighted by molar-refractivity contribution is 0.468. The Hall–Kier alpha value is -2.30. The summed E-state index contributed by atoms with van der Waals surface area (Å²) in [6, 6.07) is 3.95. The normalized spacial score (nSPS) is 11.9. The summed E-state index contributed by atoms with van der Waals surface area (Å²) in [6.07, 6.45) is 1.89. The fourth-order valence-electron chi connectivity index (χ4n) is 1.90. The van der Waals surface area contributed by atoms with E-state index in [1.165, 1.54) is 16.8 Å². The first kappa shape index (κ1) is 13.1. The van der Waals surface area contributed by atoms with Crippen LogP contribution in [-0.2, 0) is 0 Å². The molecule has 0 aliphatic rings. The topological polar surface area (TPSA) is 64.1 Å². The number of allylic oxidation sites excluding steroid dienone is 2. The Kier molecular flexibility index (Phi) is 3.29. The molecule has 19 heavy (non-hydrogen) atoms. The Bertz CT molecular complexity index is 659. The number of nitrogens with zero attached hydrogens (tertiary/aromatic N) is 2. The van der Waals surface area contributed by atoms with Crippen LogP contribution >= 0.6 is 0 Å². The molecule has 0 aliphatic carbocycles. The molecule has 0 saturated heterocycles. The van der Waals surface area contributed by atoms with Crippen molar-refractivity contribution in [2.75, 3.05) is 5.73 Å². The highest BCUT2D eigenvalue weighted by atomic mass is 19.1. The van der Waals surface area contributed by atoms with Gasteiger partial charge >= 0.3 is 0 Å². The molecule has 0 unspecified atom stereocenters. The molecule has 0 radical (unpaired) electrons. The van der Waals surface area contributed by atoms with Gasteiger partial charge in [-0.2, -0.15) is 5.10 Å². The number of anilines is 1. The molecule has 2 rings (SSSR count). The summed E-state index contributed by atoms with van der Waals surface area (Å²) in [6.45, 7) is 5.55. The monoisotopic (exact) mass is 261 g/mol. The minimum Gasteiger partial charge on any atom is -0.508 e. The number of aromatic nitrogens is 2. The van der Waals surface area contributed by atoms with Crippen molar-refractivity contribution in [1.82, 2.24) is 9.78 Å². The quantitative estimate of drug-likeness (QED) is 0.873. The SMILES string of the molecule is C/C=C(/C)c1c(N)c(C)nn1-c1ccc(O)cc1F. The standard InChI is InChI=1S/C14H16FN3O/c1-4-8(2)14-13(16)9(3)17-18(14)12-6-5-10(19)7-11(12)15/h4-7,19H,16H2,1-3H3/b8-4-. The summed E-state index contributed by atoms with van der Waals surface area (Å²) in [5.74, 6) is -0.671. The van der Waals surface area contributed by atoms with Gasteiger partial charge < -0.3 is 10.8 Å². The maximum Gasteiger partial charge on any atom is 0.152 e. The minimum absolute atomic E-state index is 0.123.